The second kappa shape index (κ2) is 10.7. The summed E-state index contributed by atoms with van der Waals surface area (Å²) in [5, 5.41) is 3.64. The van der Waals surface area contributed by atoms with Crippen molar-refractivity contribution in [2.45, 2.75) is 52.0 Å². The lowest BCUT2D eigenvalue weighted by Crippen LogP contribution is -2.37. The Kier molecular flexibility index (Phi) is 8.39. The van der Waals surface area contributed by atoms with Crippen molar-refractivity contribution in [3.63, 3.8) is 0 Å². The highest BCUT2D eigenvalue weighted by Gasteiger charge is 2.29. The van der Waals surface area contributed by atoms with E-state index in [4.69, 9.17) is 4.74 Å². The summed E-state index contributed by atoms with van der Waals surface area (Å²) in [4.78, 5) is 0. The Hall–Kier alpha value is -1.44. The summed E-state index contributed by atoms with van der Waals surface area (Å²) in [5.74, 6) is 1.33. The van der Waals surface area contributed by atoms with E-state index in [1.54, 1.807) is 4.31 Å². The molecule has 0 amide bonds. The summed E-state index contributed by atoms with van der Waals surface area (Å²) < 4.78 is 28.2. The first kappa shape index (κ1) is 25.2. The van der Waals surface area contributed by atoms with Crippen molar-refractivity contribution < 1.29 is 13.8 Å². The average molecular weight is 481 g/mol. The van der Waals surface area contributed by atoms with Crippen LogP contribution >= 0.6 is 23.2 Å². The summed E-state index contributed by atoms with van der Waals surface area (Å²) in [6.07, 6.45) is 5.92. The highest BCUT2D eigenvalue weighted by atomic mass is 35.5. The van der Waals surface area contributed by atoms with Crippen molar-refractivity contribution >= 4 is 28.9 Å². The zero-order valence-electron chi connectivity index (χ0n) is 19.1. The van der Waals surface area contributed by atoms with Crippen molar-refractivity contribution in [3.05, 3.63) is 48.5 Å². The van der Waals surface area contributed by atoms with E-state index in [0.717, 1.165) is 35.5 Å². The van der Waals surface area contributed by atoms with Gasteiger partial charge in [-0.15, -0.1) is 23.2 Å². The third-order valence-electron chi connectivity index (χ3n) is 6.60. The lowest BCUT2D eigenvalue weighted by Gasteiger charge is -2.38. The van der Waals surface area contributed by atoms with Gasteiger partial charge in [0.1, 0.15) is 12.4 Å². The Balaban J connectivity index is 0.00000289. The molecule has 0 unspecified atom stereocenters. The number of hydrogen-bond donors (Lipinski definition) is 3. The van der Waals surface area contributed by atoms with E-state index in [1.807, 2.05) is 30.3 Å². The number of halogens is 1. The highest BCUT2D eigenvalue weighted by Crippen LogP contribution is 2.51. The minimum absolute atomic E-state index is 0. The predicted octanol–water partition coefficient (Wildman–Crippen LogP) is 6.59. The number of hydrogen-bond acceptors (Lipinski definition) is 5. The first-order valence-electron chi connectivity index (χ1n) is 11.4. The number of benzene rings is 2. The summed E-state index contributed by atoms with van der Waals surface area (Å²) in [6, 6.07) is 16.8. The van der Waals surface area contributed by atoms with Gasteiger partial charge in [-0.3, -0.25) is 13.4 Å². The maximum atomic E-state index is 10.3. The van der Waals surface area contributed by atoms with Crippen molar-refractivity contribution in [1.29, 1.82) is 0 Å². The van der Waals surface area contributed by atoms with Gasteiger partial charge in [0.2, 0.25) is 0 Å². The molecule has 0 bridgehead atoms. The lowest BCUT2D eigenvalue weighted by atomic mass is 9.75. The van der Waals surface area contributed by atoms with Crippen LogP contribution < -0.4 is 14.4 Å². The lowest BCUT2D eigenvalue weighted by molar-refractivity contribution is 0.200. The minimum atomic E-state index is -2.67. The van der Waals surface area contributed by atoms with Crippen LogP contribution in [0.15, 0.2) is 48.5 Å². The standard InChI is InChI=1S/C25H36N2O3S.ClH/c1-25(2)13-11-22(12-14-25)26-15-17-30-24-9-7-20(8-10-24)21-5-3-6-23(19-21)27-16-4-18-31(27,28)29;/h3,5-10,19,22,26,28-29H,4,11-18H2,1-2H3;1H. The minimum Gasteiger partial charge on any atom is -0.492 e. The van der Waals surface area contributed by atoms with Crippen LogP contribution in [-0.2, 0) is 0 Å². The number of nitrogens with zero attached hydrogens (tertiary/aromatic N) is 1. The van der Waals surface area contributed by atoms with Crippen molar-refractivity contribution in [2.24, 2.45) is 5.41 Å². The number of nitrogens with one attached hydrogen (secondary N) is 1. The van der Waals surface area contributed by atoms with Gasteiger partial charge in [-0.05, 0) is 72.9 Å². The van der Waals surface area contributed by atoms with Crippen LogP contribution in [0.25, 0.3) is 11.1 Å². The van der Waals surface area contributed by atoms with Crippen LogP contribution in [0.2, 0.25) is 0 Å². The highest BCUT2D eigenvalue weighted by molar-refractivity contribution is 8.25. The summed E-state index contributed by atoms with van der Waals surface area (Å²) in [7, 11) is -2.67. The Morgan fingerprint density at radius 2 is 1.78 bits per heavy atom. The van der Waals surface area contributed by atoms with Crippen molar-refractivity contribution in [2.75, 3.05) is 29.8 Å². The SMILES string of the molecule is CC1(C)CCC(NCCOc2ccc(-c3cccc(N4CCCS4(O)O)c3)cc2)CC1.Cl. The van der Waals surface area contributed by atoms with E-state index in [-0.39, 0.29) is 12.4 Å². The molecular weight excluding hydrogens is 444 g/mol. The zero-order chi connectivity index (χ0) is 21.9. The topological polar surface area (TPSA) is 65.0 Å². The average Bonchev–Trinajstić information content (AvgIpc) is 3.12. The molecule has 2 aliphatic rings. The normalized spacial score (nSPS) is 21.1. The van der Waals surface area contributed by atoms with Gasteiger partial charge in [-0.2, -0.15) is 0 Å². The number of ether oxygens (including phenoxy) is 1. The fourth-order valence-corrected chi connectivity index (χ4v) is 6.19. The molecule has 0 atom stereocenters. The Morgan fingerprint density at radius 1 is 1.06 bits per heavy atom. The first-order valence-corrected chi connectivity index (χ1v) is 13.1. The van der Waals surface area contributed by atoms with Gasteiger partial charge in [0.05, 0.1) is 11.4 Å². The molecule has 5 nitrogen and oxygen atoms in total. The number of anilines is 1. The van der Waals surface area contributed by atoms with E-state index < -0.39 is 10.8 Å². The molecule has 178 valence electrons. The molecule has 1 heterocycles. The predicted molar refractivity (Wildman–Crippen MR) is 138 cm³/mol. The molecule has 0 radical (unpaired) electrons. The molecule has 1 saturated carbocycles. The van der Waals surface area contributed by atoms with E-state index in [9.17, 15) is 9.11 Å². The molecule has 1 aliphatic carbocycles. The molecule has 2 aromatic rings. The second-order valence-corrected chi connectivity index (χ2v) is 11.7. The molecule has 7 heteroatoms. The molecule has 0 aromatic heterocycles. The van der Waals surface area contributed by atoms with Crippen LogP contribution in [0.4, 0.5) is 5.69 Å². The molecule has 3 N–H and O–H groups in total. The quantitative estimate of drug-likeness (QED) is 0.390. The van der Waals surface area contributed by atoms with Crippen LogP contribution in [0.5, 0.6) is 5.75 Å². The van der Waals surface area contributed by atoms with E-state index in [0.29, 0.717) is 30.4 Å². The first-order chi connectivity index (χ1) is 14.8. The van der Waals surface area contributed by atoms with Gasteiger partial charge >= 0.3 is 0 Å². The summed E-state index contributed by atoms with van der Waals surface area (Å²) >= 11 is 0. The fourth-order valence-electron chi connectivity index (χ4n) is 4.58. The van der Waals surface area contributed by atoms with Crippen LogP contribution in [0.3, 0.4) is 0 Å². The third kappa shape index (κ3) is 6.33. The van der Waals surface area contributed by atoms with Crippen LogP contribution in [0.1, 0.15) is 46.0 Å². The summed E-state index contributed by atoms with van der Waals surface area (Å²) in [6.45, 7) is 6.96. The molecule has 2 fully saturated rings. The smallest absolute Gasteiger partial charge is 0.119 e. The van der Waals surface area contributed by atoms with Gasteiger partial charge in [-0.1, -0.05) is 38.1 Å². The van der Waals surface area contributed by atoms with Crippen molar-refractivity contribution in [3.8, 4) is 16.9 Å². The van der Waals surface area contributed by atoms with Crippen LogP contribution in [-0.4, -0.2) is 40.6 Å². The van der Waals surface area contributed by atoms with Crippen molar-refractivity contribution in [1.82, 2.24) is 5.32 Å². The Labute approximate surface area is 200 Å². The number of rotatable bonds is 7. The molecule has 1 saturated heterocycles. The molecule has 1 aliphatic heterocycles. The Morgan fingerprint density at radius 3 is 2.44 bits per heavy atom. The largest absolute Gasteiger partial charge is 0.492 e. The molecule has 2 aromatic carbocycles. The van der Waals surface area contributed by atoms with E-state index in [2.05, 4.69) is 37.4 Å². The molecule has 0 spiro atoms. The van der Waals surface area contributed by atoms with E-state index >= 15 is 0 Å². The summed E-state index contributed by atoms with van der Waals surface area (Å²) in [5.41, 5.74) is 3.53. The van der Waals surface area contributed by atoms with Gasteiger partial charge in [0.25, 0.3) is 0 Å². The molecule has 4 rings (SSSR count). The maximum Gasteiger partial charge on any atom is 0.119 e. The van der Waals surface area contributed by atoms with Gasteiger partial charge in [-0.25, -0.2) is 0 Å². The molecular formula is C25H37ClN2O3S. The monoisotopic (exact) mass is 480 g/mol. The third-order valence-corrected chi connectivity index (χ3v) is 8.53. The molecule has 32 heavy (non-hydrogen) atoms. The van der Waals surface area contributed by atoms with Crippen LogP contribution in [0, 0.1) is 5.41 Å². The maximum absolute atomic E-state index is 10.3. The van der Waals surface area contributed by atoms with E-state index in [1.165, 1.54) is 25.7 Å². The zero-order valence-corrected chi connectivity index (χ0v) is 20.8. The van der Waals surface area contributed by atoms with Gasteiger partial charge in [0.15, 0.2) is 0 Å². The Bertz CT molecular complexity index is 866. The van der Waals surface area contributed by atoms with Gasteiger partial charge < -0.3 is 10.1 Å². The second-order valence-electron chi connectivity index (χ2n) is 9.61. The fraction of sp³-hybridized carbons (Fsp3) is 0.520. The van der Waals surface area contributed by atoms with Gasteiger partial charge in [0, 0.05) is 19.1 Å².